The summed E-state index contributed by atoms with van der Waals surface area (Å²) in [6.07, 6.45) is 0. The van der Waals surface area contributed by atoms with E-state index in [4.69, 9.17) is 10.4 Å². The van der Waals surface area contributed by atoms with Gasteiger partial charge in [0.25, 0.3) is 0 Å². The average Bonchev–Trinajstić information content (AvgIpc) is 2.63. The Kier molecular flexibility index (Phi) is 2.58. The lowest BCUT2D eigenvalue weighted by Crippen LogP contribution is -2.05. The zero-order valence-electron chi connectivity index (χ0n) is 7.09. The van der Waals surface area contributed by atoms with E-state index in [1.54, 1.807) is 0 Å². The molecule has 1 heterocycles. The highest BCUT2D eigenvalue weighted by molar-refractivity contribution is 6.08. The van der Waals surface area contributed by atoms with Crippen LogP contribution in [-0.2, 0) is 0 Å². The molecule has 1 rings (SSSR count). The summed E-state index contributed by atoms with van der Waals surface area (Å²) in [6.45, 7) is 3.04. The molecule has 1 aromatic rings. The van der Waals surface area contributed by atoms with Crippen molar-refractivity contribution in [2.24, 2.45) is 10.3 Å². The predicted octanol–water partition coefficient (Wildman–Crippen LogP) is 0.466. The number of oxime groups is 2. The van der Waals surface area contributed by atoms with Crippen LogP contribution in [0.5, 0.6) is 0 Å². The Bertz CT molecular complexity index is 322. The fourth-order valence-electron chi connectivity index (χ4n) is 0.758. The molecule has 0 bridgehead atoms. The summed E-state index contributed by atoms with van der Waals surface area (Å²) >= 11 is 0. The zero-order chi connectivity index (χ0) is 9.84. The van der Waals surface area contributed by atoms with Crippen molar-refractivity contribution in [3.63, 3.8) is 0 Å². The van der Waals surface area contributed by atoms with Gasteiger partial charge >= 0.3 is 0 Å². The van der Waals surface area contributed by atoms with E-state index in [0.717, 1.165) is 0 Å². The minimum absolute atomic E-state index is 0.235. The van der Waals surface area contributed by atoms with Crippen molar-refractivity contribution in [2.45, 2.75) is 13.8 Å². The van der Waals surface area contributed by atoms with Crippen LogP contribution in [0.2, 0.25) is 0 Å². The summed E-state index contributed by atoms with van der Waals surface area (Å²) in [5.74, 6) is 0. The van der Waals surface area contributed by atoms with Crippen LogP contribution in [0.4, 0.5) is 0 Å². The van der Waals surface area contributed by atoms with Crippen molar-refractivity contribution < 1.29 is 15.0 Å². The van der Waals surface area contributed by atoms with Crippen LogP contribution in [0.25, 0.3) is 0 Å². The molecule has 0 spiro atoms. The normalized spacial score (nSPS) is 13.4. The van der Waals surface area contributed by atoms with E-state index in [-0.39, 0.29) is 22.8 Å². The second-order valence-electron chi connectivity index (χ2n) is 2.33. The van der Waals surface area contributed by atoms with Crippen LogP contribution in [0.15, 0.2) is 14.9 Å². The summed E-state index contributed by atoms with van der Waals surface area (Å²) in [5, 5.41) is 29.7. The molecule has 0 fully saturated rings. The lowest BCUT2D eigenvalue weighted by Gasteiger charge is -1.93. The van der Waals surface area contributed by atoms with Gasteiger partial charge in [-0.1, -0.05) is 10.3 Å². The quantitative estimate of drug-likeness (QED) is 0.395. The highest BCUT2D eigenvalue weighted by Crippen LogP contribution is 2.05. The van der Waals surface area contributed by atoms with Crippen LogP contribution in [0, 0.1) is 0 Å². The Balaban J connectivity index is 3.18. The van der Waals surface area contributed by atoms with Crippen LogP contribution in [0.1, 0.15) is 25.2 Å². The maximum Gasteiger partial charge on any atom is 0.161 e. The van der Waals surface area contributed by atoms with Gasteiger partial charge in [0, 0.05) is 0 Å². The van der Waals surface area contributed by atoms with Gasteiger partial charge < -0.3 is 10.4 Å². The largest absolute Gasteiger partial charge is 0.411 e. The molecule has 1 aromatic heterocycles. The number of hydrogen-bond donors (Lipinski definition) is 2. The third-order valence-electron chi connectivity index (χ3n) is 1.47. The van der Waals surface area contributed by atoms with Crippen molar-refractivity contribution in [3.05, 3.63) is 11.4 Å². The van der Waals surface area contributed by atoms with Gasteiger partial charge in [-0.2, -0.15) is 0 Å². The van der Waals surface area contributed by atoms with Gasteiger partial charge in [-0.3, -0.25) is 0 Å². The molecule has 0 amide bonds. The standard InChI is InChI=1S/C6H8N4O3/c1-3(7-11)5-6(4(2)8-12)10-13-9-5/h11-12H,1-2H3. The monoisotopic (exact) mass is 184 g/mol. The highest BCUT2D eigenvalue weighted by atomic mass is 16.6. The molecule has 0 saturated heterocycles. The summed E-state index contributed by atoms with van der Waals surface area (Å²) < 4.78 is 4.41. The average molecular weight is 184 g/mol. The maximum atomic E-state index is 8.46. The second-order valence-corrected chi connectivity index (χ2v) is 2.33. The van der Waals surface area contributed by atoms with Crippen LogP contribution < -0.4 is 0 Å². The Morgan fingerprint density at radius 3 is 1.77 bits per heavy atom. The molecular formula is C6H8N4O3. The summed E-state index contributed by atoms with van der Waals surface area (Å²) in [7, 11) is 0. The molecule has 2 N–H and O–H groups in total. The maximum absolute atomic E-state index is 8.46. The molecular weight excluding hydrogens is 176 g/mol. The van der Waals surface area contributed by atoms with Crippen molar-refractivity contribution in [1.82, 2.24) is 10.3 Å². The SMILES string of the molecule is CC(=NO)c1nonc1C(C)=NO. The molecule has 7 nitrogen and oxygen atoms in total. The van der Waals surface area contributed by atoms with Crippen LogP contribution in [-0.4, -0.2) is 32.2 Å². The lowest BCUT2D eigenvalue weighted by molar-refractivity contribution is 0.301. The fraction of sp³-hybridized carbons (Fsp3) is 0.333. The molecule has 70 valence electrons. The predicted molar refractivity (Wildman–Crippen MR) is 42.3 cm³/mol. The van der Waals surface area contributed by atoms with E-state index in [1.807, 2.05) is 0 Å². The van der Waals surface area contributed by atoms with Crippen molar-refractivity contribution in [2.75, 3.05) is 0 Å². The molecule has 0 aromatic carbocycles. The summed E-state index contributed by atoms with van der Waals surface area (Å²) in [6, 6.07) is 0. The lowest BCUT2D eigenvalue weighted by atomic mass is 10.2. The Hall–Kier alpha value is -1.92. The van der Waals surface area contributed by atoms with Crippen molar-refractivity contribution >= 4 is 11.4 Å². The van der Waals surface area contributed by atoms with Gasteiger partial charge in [0.05, 0.1) is 0 Å². The molecule has 0 aliphatic heterocycles. The van der Waals surface area contributed by atoms with Crippen LogP contribution in [0.3, 0.4) is 0 Å². The second kappa shape index (κ2) is 3.65. The van der Waals surface area contributed by atoms with Crippen molar-refractivity contribution in [1.29, 1.82) is 0 Å². The van der Waals surface area contributed by atoms with Gasteiger partial charge in [0.15, 0.2) is 11.4 Å². The fourth-order valence-corrected chi connectivity index (χ4v) is 0.758. The first-order valence-electron chi connectivity index (χ1n) is 3.41. The minimum atomic E-state index is 0.235. The minimum Gasteiger partial charge on any atom is -0.411 e. The van der Waals surface area contributed by atoms with E-state index in [9.17, 15) is 0 Å². The van der Waals surface area contributed by atoms with E-state index in [1.165, 1.54) is 13.8 Å². The van der Waals surface area contributed by atoms with E-state index >= 15 is 0 Å². The zero-order valence-corrected chi connectivity index (χ0v) is 7.09. The first kappa shape index (κ1) is 9.17. The smallest absolute Gasteiger partial charge is 0.161 e. The molecule has 0 atom stereocenters. The van der Waals surface area contributed by atoms with E-state index in [2.05, 4.69) is 25.3 Å². The van der Waals surface area contributed by atoms with Gasteiger partial charge in [-0.25, -0.2) is 4.63 Å². The molecule has 0 aliphatic carbocycles. The highest BCUT2D eigenvalue weighted by Gasteiger charge is 2.16. The molecule has 0 saturated carbocycles. The van der Waals surface area contributed by atoms with Crippen molar-refractivity contribution in [3.8, 4) is 0 Å². The summed E-state index contributed by atoms with van der Waals surface area (Å²) in [4.78, 5) is 0. The Morgan fingerprint density at radius 2 is 1.46 bits per heavy atom. The van der Waals surface area contributed by atoms with Crippen LogP contribution >= 0.6 is 0 Å². The topological polar surface area (TPSA) is 104 Å². The molecule has 0 aliphatic rings. The third kappa shape index (κ3) is 1.63. The van der Waals surface area contributed by atoms with E-state index in [0.29, 0.717) is 0 Å². The van der Waals surface area contributed by atoms with Gasteiger partial charge in [0.1, 0.15) is 11.4 Å². The Morgan fingerprint density at radius 1 is 1.08 bits per heavy atom. The van der Waals surface area contributed by atoms with Gasteiger partial charge in [-0.05, 0) is 24.2 Å². The van der Waals surface area contributed by atoms with Gasteiger partial charge in [-0.15, -0.1) is 0 Å². The number of aromatic nitrogens is 2. The summed E-state index contributed by atoms with van der Waals surface area (Å²) in [5.41, 5.74) is 0.967. The number of rotatable bonds is 2. The molecule has 0 unspecified atom stereocenters. The number of hydrogen-bond acceptors (Lipinski definition) is 7. The molecule has 0 radical (unpaired) electrons. The third-order valence-corrected chi connectivity index (χ3v) is 1.47. The number of nitrogens with zero attached hydrogens (tertiary/aromatic N) is 4. The first-order chi connectivity index (χ1) is 6.20. The van der Waals surface area contributed by atoms with E-state index < -0.39 is 0 Å². The first-order valence-corrected chi connectivity index (χ1v) is 3.41. The molecule has 13 heavy (non-hydrogen) atoms. The van der Waals surface area contributed by atoms with Gasteiger partial charge in [0.2, 0.25) is 0 Å². The Labute approximate surface area is 73.3 Å². The molecule has 7 heteroatoms.